The predicted molar refractivity (Wildman–Crippen MR) is 133 cm³/mol. The normalized spacial score (nSPS) is 9.51. The number of terminal acetylenes is 1. The topological polar surface area (TPSA) is 273 Å². The lowest BCUT2D eigenvalue weighted by Gasteiger charge is -2.13. The summed E-state index contributed by atoms with van der Waals surface area (Å²) in [5.41, 5.74) is 0. The minimum Gasteiger partial charge on any atom is -0.447 e. The number of hydrogen-bond donors (Lipinski definition) is 9. The van der Waals surface area contributed by atoms with Crippen LogP contribution in [-0.2, 0) is 28.4 Å². The summed E-state index contributed by atoms with van der Waals surface area (Å²) in [4.78, 5) is 43.6. The molecule has 0 aromatic rings. The van der Waals surface area contributed by atoms with Gasteiger partial charge in [-0.25, -0.2) is 19.2 Å². The SMILES string of the molecule is C.C#C.CO.COCOC(=O)NCNC(=O)OC(CO)CO.COCOC(=O)NCNC(=O)OCC(O)CO. The molecule has 0 aliphatic carbocycles. The molecule has 0 saturated heterocycles. The lowest BCUT2D eigenvalue weighted by molar-refractivity contribution is 0.0105. The number of carbonyl (C=O) groups excluding carboxylic acids is 4. The minimum absolute atomic E-state index is 0. The van der Waals surface area contributed by atoms with Crippen LogP contribution in [0, 0.1) is 12.8 Å². The Hall–Kier alpha value is -3.64. The summed E-state index contributed by atoms with van der Waals surface area (Å²) < 4.78 is 26.9. The van der Waals surface area contributed by atoms with Gasteiger partial charge in [-0.15, -0.1) is 12.8 Å². The number of aliphatic hydroxyl groups is 5. The van der Waals surface area contributed by atoms with Gasteiger partial charge in [0.15, 0.2) is 13.6 Å². The van der Waals surface area contributed by atoms with Gasteiger partial charge < -0.3 is 75.2 Å². The smallest absolute Gasteiger partial charge is 0.410 e. The Balaban J connectivity index is -0.000000171. The van der Waals surface area contributed by atoms with Crippen molar-refractivity contribution in [3.63, 3.8) is 0 Å². The van der Waals surface area contributed by atoms with Gasteiger partial charge in [0.25, 0.3) is 0 Å². The Kier molecular flexibility index (Phi) is 42.4. The fourth-order valence-electron chi connectivity index (χ4n) is 1.30. The van der Waals surface area contributed by atoms with E-state index in [2.05, 4.69) is 62.5 Å². The number of methoxy groups -OCH3 is 2. The van der Waals surface area contributed by atoms with E-state index in [9.17, 15) is 19.2 Å². The molecule has 0 spiro atoms. The van der Waals surface area contributed by atoms with E-state index in [1.807, 2.05) is 0 Å². The first-order valence-electron chi connectivity index (χ1n) is 10.2. The summed E-state index contributed by atoms with van der Waals surface area (Å²) >= 11 is 0. The van der Waals surface area contributed by atoms with E-state index >= 15 is 0 Å². The van der Waals surface area contributed by atoms with E-state index in [4.69, 9.17) is 25.5 Å². The zero-order chi connectivity index (χ0) is 30.2. The van der Waals surface area contributed by atoms with Crippen molar-refractivity contribution in [2.75, 3.05) is 74.7 Å². The van der Waals surface area contributed by atoms with Crippen LogP contribution in [0.15, 0.2) is 0 Å². The van der Waals surface area contributed by atoms with E-state index in [0.717, 1.165) is 7.11 Å². The number of carbonyl (C=O) groups is 4. The third-order valence-electron chi connectivity index (χ3n) is 2.85. The molecule has 19 heteroatoms. The number of alkyl carbamates (subject to hydrolysis) is 4. The fourth-order valence-corrected chi connectivity index (χ4v) is 1.30. The number of nitrogens with one attached hydrogen (secondary N) is 4. The summed E-state index contributed by atoms with van der Waals surface area (Å²) in [6.07, 6.45) is 2.63. The van der Waals surface area contributed by atoms with E-state index in [-0.39, 0.29) is 41.0 Å². The highest BCUT2D eigenvalue weighted by Crippen LogP contribution is 1.89. The summed E-state index contributed by atoms with van der Waals surface area (Å²) in [6.45, 7) is -2.64. The summed E-state index contributed by atoms with van der Waals surface area (Å²) in [5, 5.41) is 50.2. The molecule has 1 atom stereocenters. The van der Waals surface area contributed by atoms with Gasteiger partial charge in [-0.1, -0.05) is 7.43 Å². The molecule has 4 amide bonds. The van der Waals surface area contributed by atoms with E-state index in [1.165, 1.54) is 14.2 Å². The first kappa shape index (κ1) is 45.3. The molecule has 19 nitrogen and oxygen atoms in total. The molecule has 0 radical (unpaired) electrons. The van der Waals surface area contributed by atoms with Crippen LogP contribution in [0.5, 0.6) is 0 Å². The van der Waals surface area contributed by atoms with E-state index in [0.29, 0.717) is 0 Å². The van der Waals surface area contributed by atoms with Gasteiger partial charge in [0.1, 0.15) is 18.8 Å². The van der Waals surface area contributed by atoms with Gasteiger partial charge >= 0.3 is 24.4 Å². The van der Waals surface area contributed by atoms with Crippen molar-refractivity contribution < 1.29 is 73.1 Å². The number of hydrogen-bond acceptors (Lipinski definition) is 15. The molecule has 0 aliphatic rings. The Labute approximate surface area is 226 Å². The largest absolute Gasteiger partial charge is 0.447 e. The Morgan fingerprint density at radius 3 is 1.38 bits per heavy atom. The molecule has 0 heterocycles. The summed E-state index contributed by atoms with van der Waals surface area (Å²) in [6, 6.07) is 0. The molecule has 1 unspecified atom stereocenters. The third-order valence-corrected chi connectivity index (χ3v) is 2.85. The zero-order valence-electron chi connectivity index (χ0n) is 21.3. The second kappa shape index (κ2) is 36.5. The lowest BCUT2D eigenvalue weighted by Crippen LogP contribution is -2.40. The molecule has 232 valence electrons. The van der Waals surface area contributed by atoms with Crippen molar-refractivity contribution in [1.29, 1.82) is 0 Å². The van der Waals surface area contributed by atoms with Crippen molar-refractivity contribution in [2.24, 2.45) is 0 Å². The molecule has 0 rings (SSSR count). The van der Waals surface area contributed by atoms with Crippen molar-refractivity contribution >= 4 is 24.4 Å². The third kappa shape index (κ3) is 36.6. The molecule has 0 aromatic carbocycles. The summed E-state index contributed by atoms with van der Waals surface area (Å²) in [7, 11) is 3.71. The molecule has 39 heavy (non-hydrogen) atoms. The average molecular weight is 579 g/mol. The van der Waals surface area contributed by atoms with E-state index in [1.54, 1.807) is 0 Å². The van der Waals surface area contributed by atoms with Gasteiger partial charge in [0.05, 0.1) is 33.2 Å². The van der Waals surface area contributed by atoms with Crippen LogP contribution in [-0.4, -0.2) is 137 Å². The molecule has 0 bridgehead atoms. The van der Waals surface area contributed by atoms with Crippen LogP contribution in [0.25, 0.3) is 0 Å². The highest BCUT2D eigenvalue weighted by molar-refractivity contribution is 5.70. The highest BCUT2D eigenvalue weighted by Gasteiger charge is 2.12. The van der Waals surface area contributed by atoms with Gasteiger partial charge in [-0.3, -0.25) is 0 Å². The van der Waals surface area contributed by atoms with E-state index < -0.39 is 56.4 Å². The Bertz CT molecular complexity index is 607. The molecular formula is C20H42N4O15. The highest BCUT2D eigenvalue weighted by atomic mass is 16.7. The van der Waals surface area contributed by atoms with Crippen LogP contribution in [0.1, 0.15) is 7.43 Å². The molecular weight excluding hydrogens is 536 g/mol. The van der Waals surface area contributed by atoms with Gasteiger partial charge in [0, 0.05) is 21.3 Å². The van der Waals surface area contributed by atoms with Crippen LogP contribution in [0.2, 0.25) is 0 Å². The summed E-state index contributed by atoms with van der Waals surface area (Å²) in [5.74, 6) is 0. The second-order valence-electron chi connectivity index (χ2n) is 5.56. The quantitative estimate of drug-likeness (QED) is 0.0572. The molecule has 0 saturated carbocycles. The lowest BCUT2D eigenvalue weighted by atomic mass is 10.4. The molecule has 0 aliphatic heterocycles. The van der Waals surface area contributed by atoms with Gasteiger partial charge in [0.2, 0.25) is 0 Å². The standard InChI is InChI=1S/2C8H16N2O7.C2H2.CH4O.CH4/c1-15-5-17-8(14)10-4-9-7(13)16-3-6(12)2-11;1-15-5-16-7(13)9-4-10-8(14)17-6(2-11)3-12;2*1-2;/h2*6,11-12H,2-5H2,1H3,(H,9,13)(H,10,14);1-2H;2H,1H3;1H4. The number of rotatable bonds is 14. The molecule has 9 N–H and O–H groups in total. The average Bonchev–Trinajstić information content (AvgIpc) is 2.94. The second-order valence-corrected chi connectivity index (χ2v) is 5.56. The van der Waals surface area contributed by atoms with Crippen molar-refractivity contribution in [2.45, 2.75) is 19.6 Å². The maximum atomic E-state index is 11.0. The maximum Gasteiger partial charge on any atom is 0.410 e. The minimum atomic E-state index is -1.12. The van der Waals surface area contributed by atoms with Crippen LogP contribution >= 0.6 is 0 Å². The number of aliphatic hydroxyl groups excluding tert-OH is 5. The Morgan fingerprint density at radius 1 is 0.692 bits per heavy atom. The zero-order valence-corrected chi connectivity index (χ0v) is 21.3. The van der Waals surface area contributed by atoms with Crippen LogP contribution in [0.3, 0.4) is 0 Å². The first-order valence-corrected chi connectivity index (χ1v) is 10.2. The maximum absolute atomic E-state index is 11.0. The van der Waals surface area contributed by atoms with Gasteiger partial charge in [-0.2, -0.15) is 0 Å². The van der Waals surface area contributed by atoms with Crippen LogP contribution in [0.4, 0.5) is 19.2 Å². The fraction of sp³-hybridized carbons (Fsp3) is 0.700. The first-order chi connectivity index (χ1) is 18.2. The van der Waals surface area contributed by atoms with Crippen molar-refractivity contribution in [3.05, 3.63) is 0 Å². The number of ether oxygens (including phenoxy) is 6. The van der Waals surface area contributed by atoms with Crippen LogP contribution < -0.4 is 21.3 Å². The number of amides is 4. The van der Waals surface area contributed by atoms with Crippen molar-refractivity contribution in [3.8, 4) is 12.8 Å². The predicted octanol–water partition coefficient (Wildman–Crippen LogP) is -2.80. The molecule has 0 aromatic heterocycles. The van der Waals surface area contributed by atoms with Crippen molar-refractivity contribution in [1.82, 2.24) is 21.3 Å². The Morgan fingerprint density at radius 2 is 1.05 bits per heavy atom. The molecule has 0 fully saturated rings. The monoisotopic (exact) mass is 578 g/mol. The van der Waals surface area contributed by atoms with Gasteiger partial charge in [-0.05, 0) is 0 Å².